The van der Waals surface area contributed by atoms with Crippen molar-refractivity contribution in [1.29, 1.82) is 0 Å². The Morgan fingerprint density at radius 1 is 1.35 bits per heavy atom. The van der Waals surface area contributed by atoms with E-state index < -0.39 is 0 Å². The van der Waals surface area contributed by atoms with Gasteiger partial charge in [-0.2, -0.15) is 5.10 Å². The molecule has 2 aromatic rings. The lowest BCUT2D eigenvalue weighted by Crippen LogP contribution is -2.04. The van der Waals surface area contributed by atoms with Gasteiger partial charge in [-0.25, -0.2) is 9.97 Å². The number of rotatable bonds is 2. The lowest BCUT2D eigenvalue weighted by molar-refractivity contribution is 0.800. The molecule has 0 bridgehead atoms. The van der Waals surface area contributed by atoms with Crippen molar-refractivity contribution < 1.29 is 0 Å². The number of aromatic amines is 1. The number of nitrogens with zero attached hydrogens (tertiary/aromatic N) is 3. The van der Waals surface area contributed by atoms with Gasteiger partial charge in [0.15, 0.2) is 0 Å². The molecule has 0 unspecified atom stereocenters. The van der Waals surface area contributed by atoms with Gasteiger partial charge in [-0.05, 0) is 31.7 Å². The highest BCUT2D eigenvalue weighted by Crippen LogP contribution is 2.29. The molecule has 2 aromatic heterocycles. The first kappa shape index (κ1) is 10.3. The van der Waals surface area contributed by atoms with Gasteiger partial charge in [0.25, 0.3) is 0 Å². The van der Waals surface area contributed by atoms with Crippen molar-refractivity contribution in [3.63, 3.8) is 0 Å². The lowest BCUT2D eigenvalue weighted by Gasteiger charge is -2.07. The predicted molar refractivity (Wildman–Crippen MR) is 65.8 cm³/mol. The molecule has 5 heteroatoms. The van der Waals surface area contributed by atoms with E-state index in [1.54, 1.807) is 0 Å². The molecule has 0 atom stereocenters. The van der Waals surface area contributed by atoms with Crippen LogP contribution in [0.4, 0.5) is 5.95 Å². The molecule has 1 aliphatic carbocycles. The zero-order valence-electron chi connectivity index (χ0n) is 9.82. The van der Waals surface area contributed by atoms with Crippen LogP contribution < -0.4 is 5.32 Å². The Morgan fingerprint density at radius 2 is 2.29 bits per heavy atom. The molecule has 0 spiro atoms. The van der Waals surface area contributed by atoms with Crippen LogP contribution in [0.25, 0.3) is 11.3 Å². The fourth-order valence-corrected chi connectivity index (χ4v) is 2.23. The first-order valence-corrected chi connectivity index (χ1v) is 6.01. The van der Waals surface area contributed by atoms with E-state index in [2.05, 4.69) is 25.5 Å². The molecule has 2 N–H and O–H groups in total. The summed E-state index contributed by atoms with van der Waals surface area (Å²) in [6.45, 7) is 2.87. The van der Waals surface area contributed by atoms with Gasteiger partial charge in [-0.15, -0.1) is 0 Å². The normalized spacial score (nSPS) is 13.7. The standard InChI is InChI=1S/C12H15N5/c1-2-13-12-14-6-8-4-3-5-10-9(7-15-17-10)11(8)16-12/h6-7H,2-5H2,1H3,(H,15,17)(H,13,14,16). The van der Waals surface area contributed by atoms with Gasteiger partial charge in [0.05, 0.1) is 11.9 Å². The third-order valence-electron chi connectivity index (χ3n) is 3.05. The van der Waals surface area contributed by atoms with Crippen LogP contribution in [-0.4, -0.2) is 26.7 Å². The molecular formula is C12H15N5. The zero-order chi connectivity index (χ0) is 11.7. The van der Waals surface area contributed by atoms with Crippen molar-refractivity contribution in [2.75, 3.05) is 11.9 Å². The zero-order valence-corrected chi connectivity index (χ0v) is 9.82. The van der Waals surface area contributed by atoms with Crippen LogP contribution in [0.1, 0.15) is 24.6 Å². The highest BCUT2D eigenvalue weighted by molar-refractivity contribution is 5.66. The van der Waals surface area contributed by atoms with Crippen LogP contribution in [0, 0.1) is 0 Å². The minimum Gasteiger partial charge on any atom is -0.354 e. The molecule has 0 saturated heterocycles. The SMILES string of the molecule is CCNc1ncc2c(n1)-c1cn[nH]c1CCC2. The average molecular weight is 229 g/mol. The second-order valence-corrected chi connectivity index (χ2v) is 4.21. The maximum atomic E-state index is 4.59. The molecule has 0 radical (unpaired) electrons. The van der Waals surface area contributed by atoms with E-state index in [1.807, 2.05) is 19.3 Å². The molecule has 0 aromatic carbocycles. The molecule has 0 amide bonds. The average Bonchev–Trinajstić information content (AvgIpc) is 2.73. The first-order valence-electron chi connectivity index (χ1n) is 6.01. The van der Waals surface area contributed by atoms with Gasteiger partial charge in [0.1, 0.15) is 0 Å². The summed E-state index contributed by atoms with van der Waals surface area (Å²) in [7, 11) is 0. The Balaban J connectivity index is 2.12. The van der Waals surface area contributed by atoms with Crippen LogP contribution in [-0.2, 0) is 12.8 Å². The quantitative estimate of drug-likeness (QED) is 0.824. The van der Waals surface area contributed by atoms with Crippen LogP contribution in [0.3, 0.4) is 0 Å². The maximum Gasteiger partial charge on any atom is 0.223 e. The Labute approximate surface area is 99.7 Å². The Kier molecular flexibility index (Phi) is 2.51. The summed E-state index contributed by atoms with van der Waals surface area (Å²) in [5.74, 6) is 0.695. The molecule has 88 valence electrons. The number of nitrogens with one attached hydrogen (secondary N) is 2. The van der Waals surface area contributed by atoms with Crippen LogP contribution in [0.2, 0.25) is 0 Å². The Bertz CT molecular complexity index is 531. The van der Waals surface area contributed by atoms with Crippen molar-refractivity contribution in [3.05, 3.63) is 23.7 Å². The van der Waals surface area contributed by atoms with E-state index >= 15 is 0 Å². The molecular weight excluding hydrogens is 214 g/mol. The molecule has 2 heterocycles. The smallest absolute Gasteiger partial charge is 0.223 e. The van der Waals surface area contributed by atoms with Crippen molar-refractivity contribution in [2.45, 2.75) is 26.2 Å². The molecule has 3 rings (SSSR count). The maximum absolute atomic E-state index is 4.59. The van der Waals surface area contributed by atoms with E-state index in [0.29, 0.717) is 5.95 Å². The van der Waals surface area contributed by atoms with E-state index in [0.717, 1.165) is 37.1 Å². The van der Waals surface area contributed by atoms with Crippen molar-refractivity contribution in [3.8, 4) is 11.3 Å². The van der Waals surface area contributed by atoms with E-state index in [9.17, 15) is 0 Å². The molecule has 0 fully saturated rings. The molecule has 1 aliphatic rings. The fourth-order valence-electron chi connectivity index (χ4n) is 2.23. The summed E-state index contributed by atoms with van der Waals surface area (Å²) in [5, 5.41) is 10.3. The van der Waals surface area contributed by atoms with E-state index in [1.165, 1.54) is 11.3 Å². The third kappa shape index (κ3) is 1.77. The Hall–Kier alpha value is -1.91. The Morgan fingerprint density at radius 3 is 3.18 bits per heavy atom. The van der Waals surface area contributed by atoms with Gasteiger partial charge in [0, 0.05) is 24.0 Å². The van der Waals surface area contributed by atoms with E-state index in [4.69, 9.17) is 0 Å². The highest BCUT2D eigenvalue weighted by atomic mass is 15.1. The summed E-state index contributed by atoms with van der Waals surface area (Å²) in [6, 6.07) is 0. The summed E-state index contributed by atoms with van der Waals surface area (Å²) >= 11 is 0. The number of aromatic nitrogens is 4. The number of hydrogen-bond donors (Lipinski definition) is 2. The predicted octanol–water partition coefficient (Wildman–Crippen LogP) is 1.79. The monoisotopic (exact) mass is 229 g/mol. The third-order valence-corrected chi connectivity index (χ3v) is 3.05. The van der Waals surface area contributed by atoms with Gasteiger partial charge < -0.3 is 5.32 Å². The second-order valence-electron chi connectivity index (χ2n) is 4.21. The molecule has 0 aliphatic heterocycles. The second kappa shape index (κ2) is 4.16. The van der Waals surface area contributed by atoms with Gasteiger partial charge in [-0.3, -0.25) is 5.10 Å². The van der Waals surface area contributed by atoms with Crippen LogP contribution >= 0.6 is 0 Å². The topological polar surface area (TPSA) is 66.5 Å². The van der Waals surface area contributed by atoms with Crippen LogP contribution in [0.5, 0.6) is 0 Å². The van der Waals surface area contributed by atoms with Crippen molar-refractivity contribution in [1.82, 2.24) is 20.2 Å². The summed E-state index contributed by atoms with van der Waals surface area (Å²) in [5.41, 5.74) is 4.55. The number of fused-ring (bicyclic) bond motifs is 3. The minimum absolute atomic E-state index is 0.695. The summed E-state index contributed by atoms with van der Waals surface area (Å²) in [4.78, 5) is 8.92. The minimum atomic E-state index is 0.695. The largest absolute Gasteiger partial charge is 0.354 e. The first-order chi connectivity index (χ1) is 8.38. The molecule has 17 heavy (non-hydrogen) atoms. The fraction of sp³-hybridized carbons (Fsp3) is 0.417. The number of aryl methyl sites for hydroxylation is 2. The van der Waals surface area contributed by atoms with E-state index in [-0.39, 0.29) is 0 Å². The van der Waals surface area contributed by atoms with Gasteiger partial charge >= 0.3 is 0 Å². The van der Waals surface area contributed by atoms with Crippen molar-refractivity contribution in [2.24, 2.45) is 0 Å². The number of H-pyrrole nitrogens is 1. The van der Waals surface area contributed by atoms with Gasteiger partial charge in [-0.1, -0.05) is 0 Å². The molecule has 5 nitrogen and oxygen atoms in total. The van der Waals surface area contributed by atoms with Crippen LogP contribution in [0.15, 0.2) is 12.4 Å². The van der Waals surface area contributed by atoms with Gasteiger partial charge in [0.2, 0.25) is 5.95 Å². The number of anilines is 1. The lowest BCUT2D eigenvalue weighted by atomic mass is 10.1. The van der Waals surface area contributed by atoms with Crippen molar-refractivity contribution >= 4 is 5.95 Å². The molecule has 0 saturated carbocycles. The summed E-state index contributed by atoms with van der Waals surface area (Å²) in [6.07, 6.45) is 6.98. The highest BCUT2D eigenvalue weighted by Gasteiger charge is 2.18. The summed E-state index contributed by atoms with van der Waals surface area (Å²) < 4.78 is 0. The number of hydrogen-bond acceptors (Lipinski definition) is 4.